The van der Waals surface area contributed by atoms with Gasteiger partial charge in [-0.2, -0.15) is 0 Å². The summed E-state index contributed by atoms with van der Waals surface area (Å²) in [6.45, 7) is 0. The molecule has 0 aliphatic rings. The Kier molecular flexibility index (Phi) is 3.84. The van der Waals surface area contributed by atoms with Gasteiger partial charge in [0.1, 0.15) is 5.69 Å². The molecule has 0 aliphatic heterocycles. The minimum absolute atomic E-state index is 0.00254. The van der Waals surface area contributed by atoms with Crippen LogP contribution in [0, 0.1) is 10.1 Å². The number of nitro groups is 1. The first kappa shape index (κ1) is 14.2. The van der Waals surface area contributed by atoms with Crippen LogP contribution in [0.2, 0.25) is 0 Å². The number of imidazole rings is 1. The largest absolute Gasteiger partial charge is 0.333 e. The molecule has 7 nitrogen and oxygen atoms in total. The zero-order valence-corrected chi connectivity index (χ0v) is 12.0. The Morgan fingerprint density at radius 2 is 2.18 bits per heavy atom. The number of aromatic nitrogens is 3. The molecule has 3 aromatic rings. The van der Waals surface area contributed by atoms with Crippen LogP contribution in [0.15, 0.2) is 47.8 Å². The first-order valence-electron chi connectivity index (χ1n) is 6.34. The average molecular weight is 314 g/mol. The van der Waals surface area contributed by atoms with Crippen LogP contribution in [0.4, 0.5) is 5.69 Å². The third-order valence-corrected chi connectivity index (χ3v) is 3.82. The van der Waals surface area contributed by atoms with Crippen molar-refractivity contribution in [3.05, 3.63) is 58.4 Å². The first-order valence-corrected chi connectivity index (χ1v) is 7.33. The number of pyridine rings is 1. The van der Waals surface area contributed by atoms with Crippen molar-refractivity contribution in [2.24, 2.45) is 0 Å². The van der Waals surface area contributed by atoms with Crippen molar-refractivity contribution in [3.63, 3.8) is 0 Å². The minimum atomic E-state index is -0.461. The highest BCUT2D eigenvalue weighted by molar-refractivity contribution is 7.99. The number of hydrogen-bond donors (Lipinski definition) is 1. The summed E-state index contributed by atoms with van der Waals surface area (Å²) in [4.78, 5) is 33.5. The molecule has 0 atom stereocenters. The smallest absolute Gasteiger partial charge is 0.271 e. The molecule has 2 aromatic heterocycles. The van der Waals surface area contributed by atoms with Gasteiger partial charge in [0, 0.05) is 18.3 Å². The number of nitrogens with zero attached hydrogens (tertiary/aromatic N) is 3. The van der Waals surface area contributed by atoms with E-state index in [2.05, 4.69) is 15.0 Å². The molecule has 0 spiro atoms. The van der Waals surface area contributed by atoms with E-state index in [1.54, 1.807) is 30.5 Å². The van der Waals surface area contributed by atoms with Gasteiger partial charge in [0.2, 0.25) is 0 Å². The lowest BCUT2D eigenvalue weighted by Gasteiger charge is -1.97. The minimum Gasteiger partial charge on any atom is -0.333 e. The second-order valence-electron chi connectivity index (χ2n) is 4.43. The molecule has 0 fully saturated rings. The van der Waals surface area contributed by atoms with Gasteiger partial charge < -0.3 is 4.98 Å². The quantitative estimate of drug-likeness (QED) is 0.336. The number of nitro benzene ring substituents is 1. The zero-order chi connectivity index (χ0) is 15.5. The fourth-order valence-corrected chi connectivity index (χ4v) is 2.65. The molecule has 8 heteroatoms. The van der Waals surface area contributed by atoms with Crippen LogP contribution < -0.4 is 0 Å². The summed E-state index contributed by atoms with van der Waals surface area (Å²) in [5.74, 6) is 0.0934. The predicted octanol–water partition coefficient (Wildman–Crippen LogP) is 2.84. The standard InChI is InChI=1S/C14H10N4O3S/c19-13(11-3-1-2-6-15-11)8-22-14-16-10-5-4-9(18(20)21)7-12(10)17-14/h1-7H,8H2,(H,16,17). The third kappa shape index (κ3) is 2.96. The van der Waals surface area contributed by atoms with Crippen LogP contribution in [-0.4, -0.2) is 31.4 Å². The van der Waals surface area contributed by atoms with Crippen molar-refractivity contribution < 1.29 is 9.72 Å². The van der Waals surface area contributed by atoms with Gasteiger partial charge in [-0.05, 0) is 18.2 Å². The lowest BCUT2D eigenvalue weighted by molar-refractivity contribution is -0.384. The number of carbonyl (C=O) groups excluding carboxylic acids is 1. The normalized spacial score (nSPS) is 10.7. The molecule has 0 amide bonds. The van der Waals surface area contributed by atoms with Crippen molar-refractivity contribution in [1.29, 1.82) is 0 Å². The number of non-ortho nitro benzene ring substituents is 1. The monoisotopic (exact) mass is 314 g/mol. The van der Waals surface area contributed by atoms with Crippen LogP contribution in [0.25, 0.3) is 11.0 Å². The Morgan fingerprint density at radius 1 is 1.32 bits per heavy atom. The number of nitrogens with one attached hydrogen (secondary N) is 1. The molecule has 0 unspecified atom stereocenters. The SMILES string of the molecule is O=C(CSc1nc2ccc([N+](=O)[O-])cc2[nH]1)c1ccccn1. The third-order valence-electron chi connectivity index (χ3n) is 2.95. The molecular weight excluding hydrogens is 304 g/mol. The number of ketones is 1. The number of carbonyl (C=O) groups is 1. The molecule has 1 aromatic carbocycles. The lowest BCUT2D eigenvalue weighted by Crippen LogP contribution is -2.04. The van der Waals surface area contributed by atoms with Crippen LogP contribution in [0.3, 0.4) is 0 Å². The van der Waals surface area contributed by atoms with E-state index in [0.717, 1.165) is 0 Å². The van der Waals surface area contributed by atoms with Crippen LogP contribution in [-0.2, 0) is 0 Å². The molecule has 2 heterocycles. The molecule has 22 heavy (non-hydrogen) atoms. The number of rotatable bonds is 5. The molecular formula is C14H10N4O3S. The Morgan fingerprint density at radius 3 is 2.91 bits per heavy atom. The summed E-state index contributed by atoms with van der Waals surface area (Å²) in [7, 11) is 0. The van der Waals surface area contributed by atoms with Gasteiger partial charge in [-0.3, -0.25) is 19.9 Å². The Balaban J connectivity index is 1.74. The van der Waals surface area contributed by atoms with E-state index in [1.807, 2.05) is 0 Å². The molecule has 0 aliphatic carbocycles. The number of aromatic amines is 1. The van der Waals surface area contributed by atoms with Crippen LogP contribution in [0.5, 0.6) is 0 Å². The maximum Gasteiger partial charge on any atom is 0.271 e. The Bertz CT molecular complexity index is 848. The molecule has 0 saturated carbocycles. The van der Waals surface area contributed by atoms with Gasteiger partial charge in [-0.15, -0.1) is 0 Å². The van der Waals surface area contributed by atoms with Crippen molar-refractivity contribution in [1.82, 2.24) is 15.0 Å². The van der Waals surface area contributed by atoms with Crippen molar-refractivity contribution in [2.75, 3.05) is 5.75 Å². The van der Waals surface area contributed by atoms with Crippen LogP contribution in [0.1, 0.15) is 10.5 Å². The van der Waals surface area contributed by atoms with E-state index in [1.165, 1.54) is 23.9 Å². The summed E-state index contributed by atoms with van der Waals surface area (Å²) in [6, 6.07) is 9.56. The summed E-state index contributed by atoms with van der Waals surface area (Å²) in [6.07, 6.45) is 1.57. The van der Waals surface area contributed by atoms with E-state index in [-0.39, 0.29) is 17.2 Å². The van der Waals surface area contributed by atoms with Crippen LogP contribution >= 0.6 is 11.8 Å². The number of benzene rings is 1. The highest BCUT2D eigenvalue weighted by atomic mass is 32.2. The van der Waals surface area contributed by atoms with Crippen molar-refractivity contribution in [2.45, 2.75) is 5.16 Å². The average Bonchev–Trinajstić information content (AvgIpc) is 2.95. The van der Waals surface area contributed by atoms with Gasteiger partial charge in [-0.1, -0.05) is 17.8 Å². The van der Waals surface area contributed by atoms with Gasteiger partial charge in [-0.25, -0.2) is 4.98 Å². The molecule has 0 saturated heterocycles. The van der Waals surface area contributed by atoms with Gasteiger partial charge in [0.25, 0.3) is 5.69 Å². The molecule has 3 rings (SSSR count). The Labute approximate surface area is 128 Å². The number of fused-ring (bicyclic) bond motifs is 1. The fraction of sp³-hybridized carbons (Fsp3) is 0.0714. The van der Waals surface area contributed by atoms with Crippen molar-refractivity contribution >= 4 is 34.3 Å². The predicted molar refractivity (Wildman–Crippen MR) is 82.0 cm³/mol. The number of hydrogen-bond acceptors (Lipinski definition) is 6. The number of Topliss-reactive ketones (excluding diaryl/α,β-unsaturated/α-hetero) is 1. The van der Waals surface area contributed by atoms with E-state index < -0.39 is 4.92 Å². The van der Waals surface area contributed by atoms with Gasteiger partial charge in [0.05, 0.1) is 21.7 Å². The van der Waals surface area contributed by atoms with Crippen molar-refractivity contribution in [3.8, 4) is 0 Å². The van der Waals surface area contributed by atoms with E-state index in [0.29, 0.717) is 21.9 Å². The van der Waals surface area contributed by atoms with E-state index in [9.17, 15) is 14.9 Å². The Hall–Kier alpha value is -2.74. The second kappa shape index (κ2) is 5.94. The maximum absolute atomic E-state index is 12.0. The van der Waals surface area contributed by atoms with E-state index in [4.69, 9.17) is 0 Å². The van der Waals surface area contributed by atoms with Gasteiger partial charge >= 0.3 is 0 Å². The summed E-state index contributed by atoms with van der Waals surface area (Å²) in [5, 5.41) is 11.3. The second-order valence-corrected chi connectivity index (χ2v) is 5.39. The zero-order valence-electron chi connectivity index (χ0n) is 11.2. The lowest BCUT2D eigenvalue weighted by atomic mass is 10.3. The molecule has 110 valence electrons. The van der Waals surface area contributed by atoms with Gasteiger partial charge in [0.15, 0.2) is 10.9 Å². The highest BCUT2D eigenvalue weighted by Crippen LogP contribution is 2.23. The maximum atomic E-state index is 12.0. The fourth-order valence-electron chi connectivity index (χ4n) is 1.89. The summed E-state index contributed by atoms with van der Waals surface area (Å²) < 4.78 is 0. The summed E-state index contributed by atoms with van der Waals surface area (Å²) in [5.41, 5.74) is 1.60. The highest BCUT2D eigenvalue weighted by Gasteiger charge is 2.12. The molecule has 0 radical (unpaired) electrons. The molecule has 0 bridgehead atoms. The summed E-state index contributed by atoms with van der Waals surface area (Å²) >= 11 is 1.24. The first-order chi connectivity index (χ1) is 10.6. The van der Waals surface area contributed by atoms with E-state index >= 15 is 0 Å². The number of thioether (sulfide) groups is 1. The number of H-pyrrole nitrogens is 1. The molecule has 1 N–H and O–H groups in total. The topological polar surface area (TPSA) is 102 Å².